The molecule has 3 nitrogen and oxygen atoms in total. The summed E-state index contributed by atoms with van der Waals surface area (Å²) in [4.78, 5) is 0. The zero-order valence-corrected chi connectivity index (χ0v) is 11.4. The first-order valence-electron chi connectivity index (χ1n) is 6.83. The van der Waals surface area contributed by atoms with Gasteiger partial charge >= 0.3 is 0 Å². The van der Waals surface area contributed by atoms with Crippen molar-refractivity contribution in [3.63, 3.8) is 0 Å². The number of benzene rings is 1. The third kappa shape index (κ3) is 2.04. The second-order valence-corrected chi connectivity index (χ2v) is 4.81. The summed E-state index contributed by atoms with van der Waals surface area (Å²) in [5, 5.41) is 3.39. The van der Waals surface area contributed by atoms with Crippen molar-refractivity contribution in [3.05, 3.63) is 53.0 Å². The molecule has 0 bridgehead atoms. The number of nitrogens with one attached hydrogen (secondary N) is 1. The van der Waals surface area contributed by atoms with Crippen LogP contribution in [0.4, 0.5) is 0 Å². The van der Waals surface area contributed by atoms with Gasteiger partial charge in [0, 0.05) is 24.0 Å². The van der Waals surface area contributed by atoms with E-state index >= 15 is 0 Å². The normalized spacial score (nSPS) is 15.1. The van der Waals surface area contributed by atoms with Crippen molar-refractivity contribution in [1.82, 2.24) is 5.32 Å². The molecule has 2 aromatic rings. The highest BCUT2D eigenvalue weighted by molar-refractivity contribution is 5.49. The van der Waals surface area contributed by atoms with Gasteiger partial charge in [0.2, 0.25) is 0 Å². The molecule has 0 saturated carbocycles. The summed E-state index contributed by atoms with van der Waals surface area (Å²) >= 11 is 0. The van der Waals surface area contributed by atoms with Gasteiger partial charge in [-0.3, -0.25) is 0 Å². The van der Waals surface area contributed by atoms with Crippen molar-refractivity contribution >= 4 is 0 Å². The predicted octanol–water partition coefficient (Wildman–Crippen LogP) is 3.09. The molecule has 2 heterocycles. The minimum atomic E-state index is 0.127. The number of hydrogen-bond acceptors (Lipinski definition) is 3. The second-order valence-electron chi connectivity index (χ2n) is 4.81. The van der Waals surface area contributed by atoms with Crippen molar-refractivity contribution in [3.8, 4) is 5.75 Å². The summed E-state index contributed by atoms with van der Waals surface area (Å²) in [6, 6.07) is 8.57. The molecule has 3 rings (SSSR count). The SMILES string of the molecule is CCc1occc1C(NC)c1cccc2c1OCC2. The molecule has 0 fully saturated rings. The largest absolute Gasteiger partial charge is 0.493 e. The van der Waals surface area contributed by atoms with Crippen molar-refractivity contribution < 1.29 is 9.15 Å². The number of rotatable bonds is 4. The van der Waals surface area contributed by atoms with E-state index in [0.717, 1.165) is 31.0 Å². The zero-order chi connectivity index (χ0) is 13.2. The molecule has 0 saturated heterocycles. The van der Waals surface area contributed by atoms with E-state index < -0.39 is 0 Å². The minimum absolute atomic E-state index is 0.127. The average Bonchev–Trinajstić information content (AvgIpc) is 3.08. The van der Waals surface area contributed by atoms with Gasteiger partial charge in [0.1, 0.15) is 11.5 Å². The lowest BCUT2D eigenvalue weighted by atomic mass is 9.95. The van der Waals surface area contributed by atoms with Crippen LogP contribution in [0.25, 0.3) is 0 Å². The highest BCUT2D eigenvalue weighted by Gasteiger charge is 2.24. The third-order valence-corrected chi connectivity index (χ3v) is 3.76. The predicted molar refractivity (Wildman–Crippen MR) is 74.6 cm³/mol. The molecule has 0 amide bonds. The fourth-order valence-electron chi connectivity index (χ4n) is 2.84. The Morgan fingerprint density at radius 2 is 2.16 bits per heavy atom. The molecule has 0 radical (unpaired) electrons. The lowest BCUT2D eigenvalue weighted by Gasteiger charge is -2.19. The maximum atomic E-state index is 5.81. The number of fused-ring (bicyclic) bond motifs is 1. The Hall–Kier alpha value is -1.74. The first-order valence-corrected chi connectivity index (χ1v) is 6.83. The number of hydrogen-bond donors (Lipinski definition) is 1. The van der Waals surface area contributed by atoms with Gasteiger partial charge in [-0.15, -0.1) is 0 Å². The molecular formula is C16H19NO2. The summed E-state index contributed by atoms with van der Waals surface area (Å²) in [5.74, 6) is 2.08. The van der Waals surface area contributed by atoms with Crippen molar-refractivity contribution in [2.75, 3.05) is 13.7 Å². The van der Waals surface area contributed by atoms with Crippen molar-refractivity contribution in [2.45, 2.75) is 25.8 Å². The van der Waals surface area contributed by atoms with Crippen LogP contribution in [-0.4, -0.2) is 13.7 Å². The van der Waals surface area contributed by atoms with Gasteiger partial charge < -0.3 is 14.5 Å². The molecule has 0 aliphatic carbocycles. The van der Waals surface area contributed by atoms with Crippen LogP contribution < -0.4 is 10.1 Å². The van der Waals surface area contributed by atoms with Crippen LogP contribution in [0.15, 0.2) is 34.9 Å². The fraction of sp³-hybridized carbons (Fsp3) is 0.375. The number of para-hydroxylation sites is 1. The van der Waals surface area contributed by atoms with E-state index in [-0.39, 0.29) is 6.04 Å². The van der Waals surface area contributed by atoms with E-state index in [9.17, 15) is 0 Å². The Balaban J connectivity index is 2.06. The first-order chi connectivity index (χ1) is 9.35. The highest BCUT2D eigenvalue weighted by Crippen LogP contribution is 2.37. The molecule has 1 aromatic heterocycles. The Kier molecular flexibility index (Phi) is 3.30. The van der Waals surface area contributed by atoms with Gasteiger partial charge in [-0.25, -0.2) is 0 Å². The zero-order valence-electron chi connectivity index (χ0n) is 11.4. The molecule has 19 heavy (non-hydrogen) atoms. The second kappa shape index (κ2) is 5.10. The molecule has 1 N–H and O–H groups in total. The number of aryl methyl sites for hydroxylation is 1. The van der Waals surface area contributed by atoms with Gasteiger partial charge in [-0.2, -0.15) is 0 Å². The van der Waals surface area contributed by atoms with E-state index in [1.54, 1.807) is 6.26 Å². The van der Waals surface area contributed by atoms with Gasteiger partial charge in [0.25, 0.3) is 0 Å². The standard InChI is InChI=1S/C16H19NO2/c1-3-14-12(8-10-18-14)15(17-2)13-6-4-5-11-7-9-19-16(11)13/h4-6,8,10,15,17H,3,7,9H2,1-2H3. The molecule has 100 valence electrons. The number of furan rings is 1. The Labute approximate surface area is 113 Å². The maximum absolute atomic E-state index is 5.81. The van der Waals surface area contributed by atoms with Crippen LogP contribution in [0, 0.1) is 0 Å². The topological polar surface area (TPSA) is 34.4 Å². The summed E-state index contributed by atoms with van der Waals surface area (Å²) in [5.41, 5.74) is 3.71. The van der Waals surface area contributed by atoms with E-state index in [4.69, 9.17) is 9.15 Å². The van der Waals surface area contributed by atoms with Crippen LogP contribution in [0.2, 0.25) is 0 Å². The molecule has 1 unspecified atom stereocenters. The van der Waals surface area contributed by atoms with Crippen LogP contribution in [0.1, 0.15) is 35.4 Å². The van der Waals surface area contributed by atoms with Crippen LogP contribution in [-0.2, 0) is 12.8 Å². The molecule has 3 heteroatoms. The Morgan fingerprint density at radius 3 is 2.95 bits per heavy atom. The van der Waals surface area contributed by atoms with Gasteiger partial charge in [-0.1, -0.05) is 25.1 Å². The van der Waals surface area contributed by atoms with Gasteiger partial charge in [-0.05, 0) is 18.7 Å². The minimum Gasteiger partial charge on any atom is -0.493 e. The summed E-state index contributed by atoms with van der Waals surface area (Å²) in [7, 11) is 1.98. The highest BCUT2D eigenvalue weighted by atomic mass is 16.5. The van der Waals surface area contributed by atoms with Crippen LogP contribution in [0.3, 0.4) is 0 Å². The first kappa shape index (κ1) is 12.3. The summed E-state index contributed by atoms with van der Waals surface area (Å²) in [6.07, 6.45) is 3.67. The monoisotopic (exact) mass is 257 g/mol. The third-order valence-electron chi connectivity index (χ3n) is 3.76. The summed E-state index contributed by atoms with van der Waals surface area (Å²) < 4.78 is 11.4. The van der Waals surface area contributed by atoms with Crippen LogP contribution in [0.5, 0.6) is 5.75 Å². The molecule has 1 atom stereocenters. The Bertz CT molecular complexity index is 574. The van der Waals surface area contributed by atoms with E-state index in [0.29, 0.717) is 0 Å². The lowest BCUT2D eigenvalue weighted by Crippen LogP contribution is -2.19. The quantitative estimate of drug-likeness (QED) is 0.914. The molecule has 1 aromatic carbocycles. The lowest BCUT2D eigenvalue weighted by molar-refractivity contribution is 0.351. The number of ether oxygens (including phenoxy) is 1. The van der Waals surface area contributed by atoms with E-state index in [1.807, 2.05) is 13.1 Å². The molecule has 0 spiro atoms. The van der Waals surface area contributed by atoms with E-state index in [1.165, 1.54) is 16.7 Å². The summed E-state index contributed by atoms with van der Waals surface area (Å²) in [6.45, 7) is 2.90. The smallest absolute Gasteiger partial charge is 0.127 e. The van der Waals surface area contributed by atoms with Crippen LogP contribution >= 0.6 is 0 Å². The average molecular weight is 257 g/mol. The molecule has 1 aliphatic rings. The molecular weight excluding hydrogens is 238 g/mol. The van der Waals surface area contributed by atoms with Gasteiger partial charge in [0.15, 0.2) is 0 Å². The molecule has 1 aliphatic heterocycles. The van der Waals surface area contributed by atoms with Gasteiger partial charge in [0.05, 0.1) is 18.9 Å². The maximum Gasteiger partial charge on any atom is 0.127 e. The Morgan fingerprint density at radius 1 is 1.26 bits per heavy atom. The van der Waals surface area contributed by atoms with Crippen molar-refractivity contribution in [2.24, 2.45) is 0 Å². The van der Waals surface area contributed by atoms with Crippen molar-refractivity contribution in [1.29, 1.82) is 0 Å². The van der Waals surface area contributed by atoms with E-state index in [2.05, 4.69) is 30.4 Å². The fourth-order valence-corrected chi connectivity index (χ4v) is 2.84.